The molecule has 1 aliphatic rings. The molecule has 1 heterocycles. The molecular formula is C21H14BrNO4. The van der Waals surface area contributed by atoms with Crippen LogP contribution in [-0.2, 0) is 4.79 Å². The highest BCUT2D eigenvalue weighted by molar-refractivity contribution is 9.10. The number of halogens is 1. The van der Waals surface area contributed by atoms with Gasteiger partial charge < -0.3 is 4.74 Å². The Labute approximate surface area is 163 Å². The minimum Gasteiger partial charge on any atom is -0.425 e. The summed E-state index contributed by atoms with van der Waals surface area (Å²) in [7, 11) is 0. The number of hydrogen-bond acceptors (Lipinski definition) is 4. The fourth-order valence-corrected chi connectivity index (χ4v) is 3.69. The number of benzene rings is 3. The predicted molar refractivity (Wildman–Crippen MR) is 104 cm³/mol. The first-order valence-corrected chi connectivity index (χ1v) is 9.18. The highest BCUT2D eigenvalue weighted by atomic mass is 79.9. The maximum atomic E-state index is 12.3. The third-order valence-corrected chi connectivity index (χ3v) is 5.29. The molecule has 0 fully saturated rings. The molecule has 0 aliphatic carbocycles. The Morgan fingerprint density at radius 1 is 0.889 bits per heavy atom. The van der Waals surface area contributed by atoms with Crippen LogP contribution in [0.5, 0.6) is 5.75 Å². The Hall–Kier alpha value is -2.99. The third kappa shape index (κ3) is 3.13. The van der Waals surface area contributed by atoms with Crippen molar-refractivity contribution in [3.8, 4) is 5.75 Å². The van der Waals surface area contributed by atoms with E-state index in [4.69, 9.17) is 4.74 Å². The van der Waals surface area contributed by atoms with Gasteiger partial charge in [0.2, 0.25) is 0 Å². The molecule has 2 amide bonds. The van der Waals surface area contributed by atoms with Gasteiger partial charge in [-0.05, 0) is 44.9 Å². The maximum absolute atomic E-state index is 12.3. The number of fused-ring (bicyclic) bond motifs is 2. The molecule has 0 unspecified atom stereocenters. The smallest absolute Gasteiger partial charge is 0.313 e. The molecule has 134 valence electrons. The highest BCUT2D eigenvalue weighted by Gasteiger charge is 2.35. The van der Waals surface area contributed by atoms with E-state index < -0.39 is 5.97 Å². The van der Waals surface area contributed by atoms with Gasteiger partial charge in [-0.3, -0.25) is 19.3 Å². The van der Waals surface area contributed by atoms with Crippen LogP contribution in [-0.4, -0.2) is 29.2 Å². The standard InChI is InChI=1S/C21H14BrNO4/c22-19-14-6-2-1-5-13(14)9-10-17(19)27-18(24)11-12-23-20(25)15-7-3-4-8-16(15)21(23)26/h1-10H,11-12H2. The van der Waals surface area contributed by atoms with Gasteiger partial charge in [0.15, 0.2) is 0 Å². The number of amides is 2. The van der Waals surface area contributed by atoms with Gasteiger partial charge in [-0.1, -0.05) is 42.5 Å². The SMILES string of the molecule is O=C(CCN1C(=O)c2ccccc2C1=O)Oc1ccc2ccccc2c1Br. The summed E-state index contributed by atoms with van der Waals surface area (Å²) in [6, 6.07) is 17.9. The van der Waals surface area contributed by atoms with Crippen molar-refractivity contribution in [3.63, 3.8) is 0 Å². The summed E-state index contributed by atoms with van der Waals surface area (Å²) in [5.74, 6) is -0.867. The van der Waals surface area contributed by atoms with Crippen molar-refractivity contribution in [1.29, 1.82) is 0 Å². The van der Waals surface area contributed by atoms with Crippen LogP contribution in [0.4, 0.5) is 0 Å². The van der Waals surface area contributed by atoms with Gasteiger partial charge in [0.25, 0.3) is 11.8 Å². The van der Waals surface area contributed by atoms with Crippen molar-refractivity contribution in [2.45, 2.75) is 6.42 Å². The Morgan fingerprint density at radius 2 is 1.52 bits per heavy atom. The largest absolute Gasteiger partial charge is 0.425 e. The lowest BCUT2D eigenvalue weighted by Crippen LogP contribution is -2.32. The highest BCUT2D eigenvalue weighted by Crippen LogP contribution is 2.33. The lowest BCUT2D eigenvalue weighted by atomic mass is 10.1. The maximum Gasteiger partial charge on any atom is 0.313 e. The topological polar surface area (TPSA) is 63.7 Å². The Balaban J connectivity index is 1.45. The number of hydrogen-bond donors (Lipinski definition) is 0. The van der Waals surface area contributed by atoms with E-state index in [1.165, 1.54) is 0 Å². The van der Waals surface area contributed by atoms with Crippen molar-refractivity contribution in [1.82, 2.24) is 4.90 Å². The van der Waals surface area contributed by atoms with Crippen LogP contribution in [0.25, 0.3) is 10.8 Å². The molecule has 0 N–H and O–H groups in total. The molecule has 3 aromatic rings. The van der Waals surface area contributed by atoms with E-state index in [1.807, 2.05) is 30.3 Å². The molecule has 3 aromatic carbocycles. The quantitative estimate of drug-likeness (QED) is 0.358. The second kappa shape index (κ2) is 6.96. The van der Waals surface area contributed by atoms with E-state index in [0.717, 1.165) is 15.7 Å². The molecule has 0 radical (unpaired) electrons. The summed E-state index contributed by atoms with van der Waals surface area (Å²) in [6.07, 6.45) is -0.0786. The molecule has 0 bridgehead atoms. The molecule has 4 rings (SSSR count). The number of nitrogens with zero attached hydrogens (tertiary/aromatic N) is 1. The molecule has 27 heavy (non-hydrogen) atoms. The number of rotatable bonds is 4. The van der Waals surface area contributed by atoms with Crippen LogP contribution in [0.15, 0.2) is 65.1 Å². The summed E-state index contributed by atoms with van der Waals surface area (Å²) in [5, 5.41) is 1.96. The molecule has 6 heteroatoms. The average Bonchev–Trinajstić information content (AvgIpc) is 2.93. The van der Waals surface area contributed by atoms with Gasteiger partial charge in [0, 0.05) is 6.54 Å². The summed E-state index contributed by atoms with van der Waals surface area (Å²) in [5.41, 5.74) is 0.737. The summed E-state index contributed by atoms with van der Waals surface area (Å²) < 4.78 is 6.12. The fraction of sp³-hybridized carbons (Fsp3) is 0.0952. The van der Waals surface area contributed by atoms with Crippen molar-refractivity contribution < 1.29 is 19.1 Å². The van der Waals surface area contributed by atoms with Crippen LogP contribution in [0, 0.1) is 0 Å². The second-order valence-corrected chi connectivity index (χ2v) is 6.92. The predicted octanol–water partition coefficient (Wildman–Crippen LogP) is 4.19. The Morgan fingerprint density at radius 3 is 2.22 bits per heavy atom. The van der Waals surface area contributed by atoms with Crippen LogP contribution in [0.3, 0.4) is 0 Å². The van der Waals surface area contributed by atoms with Gasteiger partial charge in [-0.15, -0.1) is 0 Å². The molecule has 5 nitrogen and oxygen atoms in total. The minimum atomic E-state index is -0.512. The summed E-state index contributed by atoms with van der Waals surface area (Å²) in [6.45, 7) is -0.0175. The average molecular weight is 424 g/mol. The first kappa shape index (κ1) is 17.4. The van der Waals surface area contributed by atoms with Crippen molar-refractivity contribution in [3.05, 3.63) is 76.3 Å². The number of esters is 1. The van der Waals surface area contributed by atoms with E-state index in [-0.39, 0.29) is 24.8 Å². The summed E-state index contributed by atoms with van der Waals surface area (Å²) >= 11 is 3.47. The van der Waals surface area contributed by atoms with Crippen molar-refractivity contribution >= 4 is 44.5 Å². The van der Waals surface area contributed by atoms with E-state index in [9.17, 15) is 14.4 Å². The van der Waals surface area contributed by atoms with Gasteiger partial charge in [-0.2, -0.15) is 0 Å². The van der Waals surface area contributed by atoms with Gasteiger partial charge in [-0.25, -0.2) is 0 Å². The zero-order valence-electron chi connectivity index (χ0n) is 14.1. The van der Waals surface area contributed by atoms with Crippen LogP contribution in [0.1, 0.15) is 27.1 Å². The van der Waals surface area contributed by atoms with E-state index in [0.29, 0.717) is 21.3 Å². The molecule has 0 saturated heterocycles. The lowest BCUT2D eigenvalue weighted by Gasteiger charge is -2.14. The molecule has 0 spiro atoms. The van der Waals surface area contributed by atoms with Crippen LogP contribution in [0.2, 0.25) is 0 Å². The number of carbonyl (C=O) groups is 3. The molecule has 0 aromatic heterocycles. The first-order chi connectivity index (χ1) is 13.1. The Bertz CT molecular complexity index is 1060. The van der Waals surface area contributed by atoms with Crippen molar-refractivity contribution in [2.75, 3.05) is 6.54 Å². The van der Waals surface area contributed by atoms with E-state index in [2.05, 4.69) is 15.9 Å². The third-order valence-electron chi connectivity index (χ3n) is 4.47. The monoisotopic (exact) mass is 423 g/mol. The normalized spacial score (nSPS) is 13.1. The first-order valence-electron chi connectivity index (χ1n) is 8.39. The minimum absolute atomic E-state index is 0.0175. The van der Waals surface area contributed by atoms with Gasteiger partial charge >= 0.3 is 5.97 Å². The number of imide groups is 1. The van der Waals surface area contributed by atoms with Crippen LogP contribution < -0.4 is 4.74 Å². The van der Waals surface area contributed by atoms with Crippen molar-refractivity contribution in [2.24, 2.45) is 0 Å². The Kier molecular flexibility index (Phi) is 4.49. The molecular weight excluding hydrogens is 410 g/mol. The molecule has 0 atom stereocenters. The van der Waals surface area contributed by atoms with Crippen LogP contribution >= 0.6 is 15.9 Å². The second-order valence-electron chi connectivity index (χ2n) is 6.13. The fourth-order valence-electron chi connectivity index (χ4n) is 3.11. The molecule has 0 saturated carbocycles. The number of carbonyl (C=O) groups excluding carboxylic acids is 3. The number of ether oxygens (including phenoxy) is 1. The van der Waals surface area contributed by atoms with E-state index in [1.54, 1.807) is 30.3 Å². The lowest BCUT2D eigenvalue weighted by molar-refractivity contribution is -0.134. The van der Waals surface area contributed by atoms with Gasteiger partial charge in [0.05, 0.1) is 22.0 Å². The van der Waals surface area contributed by atoms with Gasteiger partial charge in [0.1, 0.15) is 5.75 Å². The molecule has 1 aliphatic heterocycles. The zero-order chi connectivity index (χ0) is 19.0. The van der Waals surface area contributed by atoms with E-state index >= 15 is 0 Å². The summed E-state index contributed by atoms with van der Waals surface area (Å²) in [4.78, 5) is 38.0. The zero-order valence-corrected chi connectivity index (χ0v) is 15.7.